The van der Waals surface area contributed by atoms with Crippen LogP contribution in [0.1, 0.15) is 44.4 Å². The number of allylic oxidation sites excluding steroid dienone is 1. The van der Waals surface area contributed by atoms with Crippen molar-refractivity contribution in [3.63, 3.8) is 0 Å². The third-order valence-electron chi connectivity index (χ3n) is 4.34. The Bertz CT molecular complexity index is 784. The molecule has 2 aromatic carbocycles. The van der Waals surface area contributed by atoms with Crippen LogP contribution >= 0.6 is 11.8 Å². The fourth-order valence-corrected chi connectivity index (χ4v) is 3.47. The predicted octanol–water partition coefficient (Wildman–Crippen LogP) is 4.49. The summed E-state index contributed by atoms with van der Waals surface area (Å²) < 4.78 is 5.38. The largest absolute Gasteiger partial charge is 0.465 e. The highest BCUT2D eigenvalue weighted by Gasteiger charge is 2.27. The molecule has 0 saturated heterocycles. The normalized spacial score (nSPS) is 12.6. The van der Waals surface area contributed by atoms with Gasteiger partial charge in [0.15, 0.2) is 0 Å². The van der Waals surface area contributed by atoms with E-state index in [-0.39, 0.29) is 6.42 Å². The van der Waals surface area contributed by atoms with E-state index in [1.807, 2.05) is 75.4 Å². The van der Waals surface area contributed by atoms with Crippen LogP contribution in [0.5, 0.6) is 0 Å². The fraction of sp³-hybridized carbons (Fsp3) is 0.333. The minimum Gasteiger partial charge on any atom is -0.465 e. The van der Waals surface area contributed by atoms with Crippen molar-refractivity contribution in [2.24, 2.45) is 5.73 Å². The first-order valence-electron chi connectivity index (χ1n) is 9.95. The maximum Gasteiger partial charge on any atom is 0.129 e. The molecule has 30 heavy (non-hydrogen) atoms. The zero-order valence-electron chi connectivity index (χ0n) is 17.9. The first kappa shape index (κ1) is 25.9. The molecule has 5 N–H and O–H groups in total. The van der Waals surface area contributed by atoms with E-state index in [0.29, 0.717) is 5.56 Å². The smallest absolute Gasteiger partial charge is 0.129 e. The molecule has 0 aromatic heterocycles. The number of aliphatic hydroxyl groups excluding tert-OH is 3. The summed E-state index contributed by atoms with van der Waals surface area (Å²) >= 11 is 1.60. The van der Waals surface area contributed by atoms with Crippen molar-refractivity contribution in [2.45, 2.75) is 48.6 Å². The third kappa shape index (κ3) is 7.63. The lowest BCUT2D eigenvalue weighted by atomic mass is 9.92. The van der Waals surface area contributed by atoms with E-state index >= 15 is 0 Å². The molecule has 0 radical (unpaired) electrons. The summed E-state index contributed by atoms with van der Waals surface area (Å²) in [7, 11) is 0. The average molecular weight is 432 g/mol. The first-order chi connectivity index (χ1) is 14.4. The van der Waals surface area contributed by atoms with Gasteiger partial charge in [0.2, 0.25) is 0 Å². The molecule has 6 heteroatoms. The number of ether oxygens (including phenoxy) is 1. The topological polar surface area (TPSA) is 95.9 Å². The molecule has 0 aliphatic carbocycles. The van der Waals surface area contributed by atoms with Crippen molar-refractivity contribution in [3.05, 3.63) is 78.6 Å². The van der Waals surface area contributed by atoms with Crippen LogP contribution in [0.4, 0.5) is 0 Å². The lowest BCUT2D eigenvalue weighted by molar-refractivity contribution is 0.0618. The second kappa shape index (κ2) is 13.3. The van der Waals surface area contributed by atoms with Crippen molar-refractivity contribution in [3.8, 4) is 0 Å². The van der Waals surface area contributed by atoms with Crippen LogP contribution < -0.4 is 5.73 Å². The molecule has 0 saturated carbocycles. The molecule has 1 unspecified atom stereocenters. The SMILES string of the molecule is C=CO/C(=C\C)c1ccc(Sc2ccc(C(O)CC(N)(CO)CO)cc2)cc1.CC. The molecule has 0 heterocycles. The van der Waals surface area contributed by atoms with Crippen LogP contribution in [-0.4, -0.2) is 34.1 Å². The monoisotopic (exact) mass is 431 g/mol. The molecule has 0 fully saturated rings. The zero-order chi connectivity index (χ0) is 22.6. The van der Waals surface area contributed by atoms with E-state index in [2.05, 4.69) is 6.58 Å². The molecular weight excluding hydrogens is 398 g/mol. The predicted molar refractivity (Wildman–Crippen MR) is 124 cm³/mol. The Morgan fingerprint density at radius 1 is 1.07 bits per heavy atom. The van der Waals surface area contributed by atoms with Gasteiger partial charge in [0, 0.05) is 15.4 Å². The van der Waals surface area contributed by atoms with E-state index in [4.69, 9.17) is 10.5 Å². The van der Waals surface area contributed by atoms with Crippen molar-refractivity contribution in [1.82, 2.24) is 0 Å². The van der Waals surface area contributed by atoms with E-state index in [1.54, 1.807) is 11.8 Å². The number of aliphatic hydroxyl groups is 3. The molecule has 0 amide bonds. The fourth-order valence-electron chi connectivity index (χ4n) is 2.66. The average Bonchev–Trinajstić information content (AvgIpc) is 2.79. The van der Waals surface area contributed by atoms with Gasteiger partial charge in [-0.15, -0.1) is 0 Å². The third-order valence-corrected chi connectivity index (χ3v) is 5.36. The maximum absolute atomic E-state index is 10.3. The standard InChI is InChI=1S/C22H27NO4S.C2H6/c1-3-21(27-4-2)17-7-11-19(12-8-17)28-18-9-5-16(6-10-18)20(26)13-22(23,14-24)15-25;1-2/h3-12,20,24-26H,2,13-15,23H2,1H3;1-2H3/b21-3-;. The van der Waals surface area contributed by atoms with Crippen LogP contribution in [0.25, 0.3) is 5.76 Å². The summed E-state index contributed by atoms with van der Waals surface area (Å²) in [4.78, 5) is 2.10. The molecule has 0 aliphatic rings. The van der Waals surface area contributed by atoms with Gasteiger partial charge in [0.05, 0.1) is 31.1 Å². The van der Waals surface area contributed by atoms with Crippen LogP contribution in [0.15, 0.2) is 77.2 Å². The summed E-state index contributed by atoms with van der Waals surface area (Å²) in [6.45, 7) is 8.71. The van der Waals surface area contributed by atoms with Crippen LogP contribution in [0, 0.1) is 0 Å². The van der Waals surface area contributed by atoms with Gasteiger partial charge in [0.25, 0.3) is 0 Å². The second-order valence-corrected chi connectivity index (χ2v) is 7.68. The Kier molecular flexibility index (Phi) is 11.5. The molecule has 2 rings (SSSR count). The second-order valence-electron chi connectivity index (χ2n) is 6.53. The van der Waals surface area contributed by atoms with Crippen molar-refractivity contribution >= 4 is 17.5 Å². The summed E-state index contributed by atoms with van der Waals surface area (Å²) in [5.74, 6) is 0.756. The molecule has 1 atom stereocenters. The Labute approximate surface area is 183 Å². The first-order valence-corrected chi connectivity index (χ1v) is 10.8. The molecule has 0 bridgehead atoms. The van der Waals surface area contributed by atoms with Gasteiger partial charge in [-0.05, 0) is 49.2 Å². The van der Waals surface area contributed by atoms with Crippen molar-refractivity contribution in [1.29, 1.82) is 0 Å². The maximum atomic E-state index is 10.3. The van der Waals surface area contributed by atoms with Gasteiger partial charge in [0.1, 0.15) is 5.76 Å². The number of benzene rings is 2. The quantitative estimate of drug-likeness (QED) is 0.414. The lowest BCUT2D eigenvalue weighted by Gasteiger charge is -2.27. The highest BCUT2D eigenvalue weighted by atomic mass is 32.2. The Morgan fingerprint density at radius 2 is 1.57 bits per heavy atom. The molecule has 0 aliphatic heterocycles. The Hall–Kier alpha value is -2.09. The van der Waals surface area contributed by atoms with Crippen LogP contribution in [0.3, 0.4) is 0 Å². The van der Waals surface area contributed by atoms with Gasteiger partial charge in [-0.2, -0.15) is 0 Å². The van der Waals surface area contributed by atoms with Crippen LogP contribution in [-0.2, 0) is 4.74 Å². The Balaban J connectivity index is 0.00000218. The van der Waals surface area contributed by atoms with Gasteiger partial charge in [-0.25, -0.2) is 0 Å². The number of hydrogen-bond donors (Lipinski definition) is 4. The van der Waals surface area contributed by atoms with Gasteiger partial charge in [-0.1, -0.05) is 56.5 Å². The van der Waals surface area contributed by atoms with E-state index < -0.39 is 24.9 Å². The summed E-state index contributed by atoms with van der Waals surface area (Å²) in [5, 5.41) is 28.9. The summed E-state index contributed by atoms with van der Waals surface area (Å²) in [6.07, 6.45) is 2.52. The highest BCUT2D eigenvalue weighted by Crippen LogP contribution is 2.31. The number of rotatable bonds is 10. The van der Waals surface area contributed by atoms with Crippen molar-refractivity contribution in [2.75, 3.05) is 13.2 Å². The molecular formula is C24H33NO4S. The molecule has 164 valence electrons. The van der Waals surface area contributed by atoms with Gasteiger partial charge >= 0.3 is 0 Å². The molecule has 5 nitrogen and oxygen atoms in total. The van der Waals surface area contributed by atoms with E-state index in [9.17, 15) is 15.3 Å². The summed E-state index contributed by atoms with van der Waals surface area (Å²) in [5.41, 5.74) is 6.31. The lowest BCUT2D eigenvalue weighted by Crippen LogP contribution is -2.48. The Morgan fingerprint density at radius 3 is 2.00 bits per heavy atom. The van der Waals surface area contributed by atoms with Gasteiger partial charge < -0.3 is 25.8 Å². The number of nitrogens with two attached hydrogens (primary N) is 1. The molecule has 2 aromatic rings. The minimum absolute atomic E-state index is 0.0774. The summed E-state index contributed by atoms with van der Waals surface area (Å²) in [6, 6.07) is 15.5. The van der Waals surface area contributed by atoms with Gasteiger partial charge in [-0.3, -0.25) is 0 Å². The van der Waals surface area contributed by atoms with Crippen LogP contribution in [0.2, 0.25) is 0 Å². The highest BCUT2D eigenvalue weighted by molar-refractivity contribution is 7.99. The minimum atomic E-state index is -1.20. The zero-order valence-corrected chi connectivity index (χ0v) is 18.7. The molecule has 0 spiro atoms. The van der Waals surface area contributed by atoms with E-state index in [0.717, 1.165) is 21.1 Å². The van der Waals surface area contributed by atoms with Crippen molar-refractivity contribution < 1.29 is 20.1 Å². The van der Waals surface area contributed by atoms with E-state index in [1.165, 1.54) is 6.26 Å². The number of hydrogen-bond acceptors (Lipinski definition) is 6.